The molecule has 7 heteroatoms. The summed E-state index contributed by atoms with van der Waals surface area (Å²) in [6, 6.07) is 9.40. The zero-order valence-corrected chi connectivity index (χ0v) is 12.9. The molecule has 0 saturated heterocycles. The quantitative estimate of drug-likeness (QED) is 0.204. The Morgan fingerprint density at radius 1 is 1.32 bits per heavy atom. The SMILES string of the molecule is [B]N=Nc1ccc2ccc([N-][N+](=C)C)c(OC(C)OC)c2c1. The summed E-state index contributed by atoms with van der Waals surface area (Å²) in [5.41, 5.74) is 5.61. The molecule has 0 spiro atoms. The molecule has 22 heavy (non-hydrogen) atoms. The first-order chi connectivity index (χ1) is 10.5. The van der Waals surface area contributed by atoms with Gasteiger partial charge in [-0.3, -0.25) is 9.71 Å². The largest absolute Gasteiger partial charge is 0.466 e. The van der Waals surface area contributed by atoms with Crippen molar-refractivity contribution in [2.75, 3.05) is 14.2 Å². The lowest BCUT2D eigenvalue weighted by Gasteiger charge is -2.23. The van der Waals surface area contributed by atoms with Crippen LogP contribution >= 0.6 is 0 Å². The molecule has 1 unspecified atom stereocenters. The van der Waals surface area contributed by atoms with E-state index in [1.165, 1.54) is 4.68 Å². The molecule has 0 heterocycles. The minimum absolute atomic E-state index is 0.422. The minimum Gasteiger partial charge on any atom is -0.466 e. The van der Waals surface area contributed by atoms with Crippen molar-refractivity contribution in [3.8, 4) is 5.75 Å². The third-order valence-electron chi connectivity index (χ3n) is 3.00. The van der Waals surface area contributed by atoms with E-state index in [1.807, 2.05) is 30.3 Å². The first-order valence-corrected chi connectivity index (χ1v) is 6.68. The molecule has 0 aliphatic rings. The van der Waals surface area contributed by atoms with Gasteiger partial charge >= 0.3 is 0 Å². The number of benzene rings is 2. The fourth-order valence-corrected chi connectivity index (χ4v) is 2.00. The van der Waals surface area contributed by atoms with Crippen LogP contribution in [0.1, 0.15) is 6.92 Å². The molecule has 2 aromatic rings. The van der Waals surface area contributed by atoms with Gasteiger partial charge in [-0.15, -0.1) is 0 Å². The molecule has 2 radical (unpaired) electrons. The number of fused-ring (bicyclic) bond motifs is 1. The van der Waals surface area contributed by atoms with Gasteiger partial charge in [-0.1, -0.05) is 18.2 Å². The number of methoxy groups -OCH3 is 1. The lowest BCUT2D eigenvalue weighted by atomic mass is 10.1. The molecule has 0 fully saturated rings. The summed E-state index contributed by atoms with van der Waals surface area (Å²) < 4.78 is 12.5. The van der Waals surface area contributed by atoms with E-state index in [4.69, 9.17) is 17.5 Å². The fraction of sp³-hybridized carbons (Fsp3) is 0.267. The van der Waals surface area contributed by atoms with E-state index in [0.29, 0.717) is 17.1 Å². The summed E-state index contributed by atoms with van der Waals surface area (Å²) in [6.07, 6.45) is -0.422. The van der Waals surface area contributed by atoms with E-state index in [9.17, 15) is 0 Å². The number of hydrogen-bond donors (Lipinski definition) is 0. The second kappa shape index (κ2) is 7.04. The topological polar surface area (TPSA) is 60.3 Å². The van der Waals surface area contributed by atoms with Crippen molar-refractivity contribution in [2.24, 2.45) is 10.1 Å². The average molecular weight is 296 g/mol. The van der Waals surface area contributed by atoms with Gasteiger partial charge in [0.1, 0.15) is 19.5 Å². The fourth-order valence-electron chi connectivity index (χ4n) is 2.00. The molecule has 0 amide bonds. The van der Waals surface area contributed by atoms with E-state index in [2.05, 4.69) is 22.3 Å². The van der Waals surface area contributed by atoms with Gasteiger partial charge in [0.15, 0.2) is 6.29 Å². The first kappa shape index (κ1) is 16.0. The second-order valence-corrected chi connectivity index (χ2v) is 4.71. The summed E-state index contributed by atoms with van der Waals surface area (Å²) in [5, 5.41) is 8.99. The maximum absolute atomic E-state index is 5.87. The van der Waals surface area contributed by atoms with Crippen LogP contribution in [0.2, 0.25) is 0 Å². The van der Waals surface area contributed by atoms with E-state index >= 15 is 0 Å². The van der Waals surface area contributed by atoms with Crippen molar-refractivity contribution in [1.82, 2.24) is 0 Å². The highest BCUT2D eigenvalue weighted by Crippen LogP contribution is 2.40. The maximum atomic E-state index is 5.87. The molecular weight excluding hydrogens is 279 g/mol. The zero-order valence-electron chi connectivity index (χ0n) is 12.9. The highest BCUT2D eigenvalue weighted by atomic mass is 16.7. The van der Waals surface area contributed by atoms with Crippen LogP contribution in [0.25, 0.3) is 16.2 Å². The Kier molecular flexibility index (Phi) is 5.11. The van der Waals surface area contributed by atoms with Crippen LogP contribution in [-0.4, -0.2) is 39.8 Å². The van der Waals surface area contributed by atoms with Crippen LogP contribution in [0.4, 0.5) is 11.4 Å². The smallest absolute Gasteiger partial charge is 0.293 e. The molecule has 6 nitrogen and oxygen atoms in total. The van der Waals surface area contributed by atoms with Crippen molar-refractivity contribution in [3.63, 3.8) is 0 Å². The Labute approximate surface area is 130 Å². The number of rotatable bonds is 6. The molecule has 0 aliphatic heterocycles. The first-order valence-electron chi connectivity index (χ1n) is 6.68. The number of ether oxygens (including phenoxy) is 2. The maximum Gasteiger partial charge on any atom is 0.293 e. The molecule has 112 valence electrons. The van der Waals surface area contributed by atoms with Crippen LogP contribution in [0.3, 0.4) is 0 Å². The highest BCUT2D eigenvalue weighted by Gasteiger charge is 2.10. The second-order valence-electron chi connectivity index (χ2n) is 4.71. The summed E-state index contributed by atoms with van der Waals surface area (Å²) in [5.74, 6) is 0.594. The predicted octanol–water partition coefficient (Wildman–Crippen LogP) is 3.64. The Bertz CT molecular complexity index is 718. The van der Waals surface area contributed by atoms with Crippen molar-refractivity contribution in [3.05, 3.63) is 35.8 Å². The molecule has 2 rings (SSSR count). The van der Waals surface area contributed by atoms with Gasteiger partial charge in [0, 0.05) is 12.5 Å². The van der Waals surface area contributed by atoms with Crippen molar-refractivity contribution >= 4 is 36.8 Å². The minimum atomic E-state index is -0.422. The number of nitrogens with zero attached hydrogens (tertiary/aromatic N) is 4. The van der Waals surface area contributed by atoms with Crippen molar-refractivity contribution in [2.45, 2.75) is 13.2 Å². The van der Waals surface area contributed by atoms with Crippen molar-refractivity contribution in [1.29, 1.82) is 0 Å². The van der Waals surface area contributed by atoms with E-state index in [-0.39, 0.29) is 0 Å². The zero-order chi connectivity index (χ0) is 16.1. The average Bonchev–Trinajstić information content (AvgIpc) is 2.49. The molecule has 0 bridgehead atoms. The molecule has 0 saturated carbocycles. The predicted molar refractivity (Wildman–Crippen MR) is 87.6 cm³/mol. The Hall–Kier alpha value is -2.41. The number of hydrogen-bond acceptors (Lipinski definition) is 4. The van der Waals surface area contributed by atoms with Gasteiger partial charge in [0.05, 0.1) is 5.69 Å². The van der Waals surface area contributed by atoms with Gasteiger partial charge in [-0.05, 0) is 30.1 Å². The summed E-state index contributed by atoms with van der Waals surface area (Å²) >= 11 is 0. The van der Waals surface area contributed by atoms with Gasteiger partial charge < -0.3 is 14.9 Å². The van der Waals surface area contributed by atoms with Crippen LogP contribution < -0.4 is 4.74 Å². The highest BCUT2D eigenvalue weighted by molar-refractivity contribution is 6.05. The lowest BCUT2D eigenvalue weighted by Crippen LogP contribution is -2.14. The van der Waals surface area contributed by atoms with Crippen LogP contribution in [-0.2, 0) is 4.74 Å². The van der Waals surface area contributed by atoms with Crippen LogP contribution in [0.15, 0.2) is 40.5 Å². The Balaban J connectivity index is 2.62. The van der Waals surface area contributed by atoms with Gasteiger partial charge in [0.25, 0.3) is 7.98 Å². The van der Waals surface area contributed by atoms with Gasteiger partial charge in [0.2, 0.25) is 0 Å². The monoisotopic (exact) mass is 296 g/mol. The summed E-state index contributed by atoms with van der Waals surface area (Å²) in [6.45, 7) is 5.54. The van der Waals surface area contributed by atoms with Gasteiger partial charge in [-0.25, -0.2) is 0 Å². The molecule has 0 aliphatic carbocycles. The molecule has 0 N–H and O–H groups in total. The summed E-state index contributed by atoms with van der Waals surface area (Å²) in [7, 11) is 8.43. The third-order valence-corrected chi connectivity index (χ3v) is 3.00. The third kappa shape index (κ3) is 3.62. The molecule has 0 aromatic heterocycles. The standard InChI is InChI=1S/C15H17BN4O2/c1-10(21-4)22-15-13-9-12(17-19-16)7-5-11(13)6-8-14(15)18-20(2)3/h5-10H,2H2,1,3-4H3. The van der Waals surface area contributed by atoms with Crippen LogP contribution in [0.5, 0.6) is 5.75 Å². The van der Waals surface area contributed by atoms with E-state index in [1.54, 1.807) is 21.1 Å². The van der Waals surface area contributed by atoms with Crippen molar-refractivity contribution < 1.29 is 14.2 Å². The van der Waals surface area contributed by atoms with Gasteiger partial charge in [-0.2, -0.15) is 5.11 Å². The normalized spacial score (nSPS) is 12.5. The summed E-state index contributed by atoms with van der Waals surface area (Å²) in [4.78, 5) is 0. The lowest BCUT2D eigenvalue weighted by molar-refractivity contribution is -0.428. The Morgan fingerprint density at radius 3 is 2.68 bits per heavy atom. The molecular formula is C15H17BN4O2. The van der Waals surface area contributed by atoms with E-state index in [0.717, 1.165) is 10.8 Å². The Morgan fingerprint density at radius 2 is 2.05 bits per heavy atom. The molecule has 2 aromatic carbocycles. The molecule has 1 atom stereocenters. The van der Waals surface area contributed by atoms with E-state index < -0.39 is 6.29 Å². The van der Waals surface area contributed by atoms with Crippen LogP contribution in [0, 0.1) is 0 Å².